The molecule has 5 nitrogen and oxygen atoms in total. The Kier molecular flexibility index (Phi) is 9.25. The van der Waals surface area contributed by atoms with E-state index in [1.807, 2.05) is 18.2 Å². The average Bonchev–Trinajstić information content (AvgIpc) is 3.27. The molecule has 174 valence electrons. The summed E-state index contributed by atoms with van der Waals surface area (Å²) in [6, 6.07) is 10.4. The third-order valence-corrected chi connectivity index (χ3v) is 9.17. The molecule has 0 bridgehead atoms. The maximum absolute atomic E-state index is 12.4. The van der Waals surface area contributed by atoms with Gasteiger partial charge in [-0.1, -0.05) is 30.4 Å². The third kappa shape index (κ3) is 7.35. The number of aliphatic hydroxyl groups excluding tert-OH is 1. The van der Waals surface area contributed by atoms with Crippen LogP contribution in [0, 0.1) is 5.92 Å². The van der Waals surface area contributed by atoms with Gasteiger partial charge in [0.15, 0.2) is 0 Å². The lowest BCUT2D eigenvalue weighted by Gasteiger charge is -2.22. The van der Waals surface area contributed by atoms with Crippen molar-refractivity contribution in [2.24, 2.45) is 5.92 Å². The molecule has 0 unspecified atom stereocenters. The van der Waals surface area contributed by atoms with E-state index in [2.05, 4.69) is 18.2 Å². The molecular weight excluding hydrogens is 464 g/mol. The van der Waals surface area contributed by atoms with Gasteiger partial charge in [0.2, 0.25) is 0 Å². The first-order valence-electron chi connectivity index (χ1n) is 10.8. The number of benzene rings is 1. The van der Waals surface area contributed by atoms with Crippen molar-refractivity contribution in [2.75, 3.05) is 17.3 Å². The Labute approximate surface area is 201 Å². The zero-order chi connectivity index (χ0) is 23.1. The van der Waals surface area contributed by atoms with Gasteiger partial charge < -0.3 is 15.3 Å². The monoisotopic (exact) mass is 494 g/mol. The number of hydrogen-bond acceptors (Lipinski definition) is 7. The SMILES string of the molecule is C[C@@](O)(C=C[C@H]1[C@H](O)CC(=O)[C@@H]1SCCCSCC(=O)O)CCc1cc2ccccc2s1. The Morgan fingerprint density at radius 3 is 2.84 bits per heavy atom. The van der Waals surface area contributed by atoms with Crippen molar-refractivity contribution in [2.45, 2.75) is 49.6 Å². The lowest BCUT2D eigenvalue weighted by molar-refractivity contribution is -0.133. The van der Waals surface area contributed by atoms with E-state index in [1.165, 1.54) is 38.5 Å². The Morgan fingerprint density at radius 1 is 1.31 bits per heavy atom. The number of aliphatic carboxylic acids is 1. The molecule has 1 aromatic heterocycles. The van der Waals surface area contributed by atoms with Crippen molar-refractivity contribution in [3.8, 4) is 0 Å². The summed E-state index contributed by atoms with van der Waals surface area (Å²) in [7, 11) is 0. The maximum Gasteiger partial charge on any atom is 0.313 e. The van der Waals surface area contributed by atoms with Crippen LogP contribution in [-0.4, -0.2) is 61.3 Å². The van der Waals surface area contributed by atoms with E-state index in [1.54, 1.807) is 24.3 Å². The Hall–Kier alpha value is -1.32. The zero-order valence-corrected chi connectivity index (χ0v) is 20.6. The highest BCUT2D eigenvalue weighted by Crippen LogP contribution is 2.35. The molecule has 0 spiro atoms. The van der Waals surface area contributed by atoms with Gasteiger partial charge in [0.25, 0.3) is 0 Å². The van der Waals surface area contributed by atoms with E-state index >= 15 is 0 Å². The minimum absolute atomic E-state index is 0.0419. The molecule has 0 radical (unpaired) electrons. The van der Waals surface area contributed by atoms with E-state index in [0.717, 1.165) is 24.3 Å². The van der Waals surface area contributed by atoms with Gasteiger partial charge in [0.1, 0.15) is 5.78 Å². The molecule has 0 saturated heterocycles. The van der Waals surface area contributed by atoms with Gasteiger partial charge in [-0.25, -0.2) is 0 Å². The molecule has 1 aliphatic carbocycles. The average molecular weight is 495 g/mol. The molecule has 1 saturated carbocycles. The smallest absolute Gasteiger partial charge is 0.313 e. The molecule has 8 heteroatoms. The molecule has 1 aliphatic rings. The van der Waals surface area contributed by atoms with Crippen molar-refractivity contribution in [3.63, 3.8) is 0 Å². The number of hydrogen-bond donors (Lipinski definition) is 3. The van der Waals surface area contributed by atoms with E-state index in [9.17, 15) is 19.8 Å². The van der Waals surface area contributed by atoms with Gasteiger partial charge in [-0.2, -0.15) is 11.8 Å². The first kappa shape index (κ1) is 25.3. The molecule has 2 aromatic rings. The van der Waals surface area contributed by atoms with Crippen LogP contribution in [0.4, 0.5) is 0 Å². The van der Waals surface area contributed by atoms with Gasteiger partial charge in [0, 0.05) is 21.9 Å². The van der Waals surface area contributed by atoms with E-state index in [0.29, 0.717) is 6.42 Å². The molecule has 3 rings (SSSR count). The fourth-order valence-electron chi connectivity index (χ4n) is 3.78. The molecule has 3 N–H and O–H groups in total. The number of rotatable bonds is 12. The van der Waals surface area contributed by atoms with Gasteiger partial charge in [-0.05, 0) is 55.2 Å². The van der Waals surface area contributed by atoms with Gasteiger partial charge in [0.05, 0.1) is 22.7 Å². The number of Topliss-reactive ketones (excluding diaryl/α,β-unsaturated/α-hetero) is 1. The van der Waals surface area contributed by atoms with Crippen LogP contribution in [0.25, 0.3) is 10.1 Å². The maximum atomic E-state index is 12.4. The van der Waals surface area contributed by atoms with Crippen molar-refractivity contribution in [3.05, 3.63) is 47.4 Å². The molecule has 1 aromatic carbocycles. The number of ketones is 1. The van der Waals surface area contributed by atoms with Crippen molar-refractivity contribution in [1.82, 2.24) is 0 Å². The number of fused-ring (bicyclic) bond motifs is 1. The number of carboxylic acid groups (broad SMARTS) is 1. The minimum atomic E-state index is -1.02. The summed E-state index contributed by atoms with van der Waals surface area (Å²) in [5.74, 6) is 0.475. The van der Waals surface area contributed by atoms with Crippen molar-refractivity contribution in [1.29, 1.82) is 0 Å². The fourth-order valence-corrected chi connectivity index (χ4v) is 7.03. The number of carboxylic acids is 1. The fraction of sp³-hybridized carbons (Fsp3) is 0.500. The highest BCUT2D eigenvalue weighted by Gasteiger charge is 2.40. The second-order valence-corrected chi connectivity index (χ2v) is 11.9. The largest absolute Gasteiger partial charge is 0.481 e. The van der Waals surface area contributed by atoms with Crippen molar-refractivity contribution < 1.29 is 24.9 Å². The summed E-state index contributed by atoms with van der Waals surface area (Å²) in [4.78, 5) is 24.2. The highest BCUT2D eigenvalue weighted by molar-refractivity contribution is 8.01. The highest BCUT2D eigenvalue weighted by atomic mass is 32.2. The van der Waals surface area contributed by atoms with Crippen LogP contribution < -0.4 is 0 Å². The predicted octanol–water partition coefficient (Wildman–Crippen LogP) is 4.40. The lowest BCUT2D eigenvalue weighted by atomic mass is 9.95. The minimum Gasteiger partial charge on any atom is -0.481 e. The van der Waals surface area contributed by atoms with E-state index < -0.39 is 17.7 Å². The van der Waals surface area contributed by atoms with Gasteiger partial charge in [-0.15, -0.1) is 23.1 Å². The lowest BCUT2D eigenvalue weighted by Crippen LogP contribution is -2.25. The second kappa shape index (κ2) is 11.7. The number of aliphatic hydroxyl groups is 2. The number of carbonyl (C=O) groups excluding carboxylic acids is 1. The zero-order valence-electron chi connectivity index (χ0n) is 18.1. The molecule has 1 heterocycles. The summed E-state index contributed by atoms with van der Waals surface area (Å²) < 4.78 is 1.24. The summed E-state index contributed by atoms with van der Waals surface area (Å²) in [5.41, 5.74) is -1.02. The summed E-state index contributed by atoms with van der Waals surface area (Å²) in [6.07, 6.45) is 5.10. The van der Waals surface area contributed by atoms with Crippen LogP contribution in [0.3, 0.4) is 0 Å². The predicted molar refractivity (Wildman–Crippen MR) is 135 cm³/mol. The topological polar surface area (TPSA) is 94.8 Å². The number of carbonyl (C=O) groups is 2. The summed E-state index contributed by atoms with van der Waals surface area (Å²) in [5, 5.41) is 30.8. The molecular formula is C24H30O5S3. The first-order chi connectivity index (χ1) is 15.2. The van der Waals surface area contributed by atoms with E-state index in [4.69, 9.17) is 5.11 Å². The summed E-state index contributed by atoms with van der Waals surface area (Å²) >= 11 is 4.64. The van der Waals surface area contributed by atoms with Crippen LogP contribution in [-0.2, 0) is 16.0 Å². The standard InChI is InChI=1S/C24H30O5S3/c1-24(29,9-7-17-13-16-5-2-3-6-21(16)32-17)10-8-18-19(25)14-20(26)23(18)31-12-4-11-30-15-22(27)28/h2-3,5-6,8,10,13,18-19,23,25,29H,4,7,9,11-12,14-15H2,1H3,(H,27,28)/t18-,19+,23+,24-/m0/s1. The Morgan fingerprint density at radius 2 is 2.09 bits per heavy atom. The van der Waals surface area contributed by atoms with Crippen molar-refractivity contribution >= 4 is 56.7 Å². The van der Waals surface area contributed by atoms with Gasteiger partial charge >= 0.3 is 5.97 Å². The molecule has 4 atom stereocenters. The Bertz CT molecular complexity index is 919. The molecule has 32 heavy (non-hydrogen) atoms. The van der Waals surface area contributed by atoms with Gasteiger partial charge in [-0.3, -0.25) is 9.59 Å². The van der Waals surface area contributed by atoms with Crippen LogP contribution in [0.15, 0.2) is 42.5 Å². The summed E-state index contributed by atoms with van der Waals surface area (Å²) in [6.45, 7) is 1.77. The third-order valence-electron chi connectivity index (χ3n) is 5.51. The molecule has 0 amide bonds. The van der Waals surface area contributed by atoms with Crippen LogP contribution in [0.2, 0.25) is 0 Å². The number of aryl methyl sites for hydroxylation is 1. The van der Waals surface area contributed by atoms with Crippen LogP contribution >= 0.6 is 34.9 Å². The molecule has 1 fully saturated rings. The van der Waals surface area contributed by atoms with Crippen LogP contribution in [0.5, 0.6) is 0 Å². The second-order valence-electron chi connectivity index (χ2n) is 8.37. The first-order valence-corrected chi connectivity index (χ1v) is 13.8. The van der Waals surface area contributed by atoms with Crippen LogP contribution in [0.1, 0.15) is 31.1 Å². The number of thiophene rings is 1. The van der Waals surface area contributed by atoms with E-state index in [-0.39, 0.29) is 29.1 Å². The Balaban J connectivity index is 1.51. The normalized spacial score (nSPS) is 23.2. The quantitative estimate of drug-likeness (QED) is 0.297. The molecule has 0 aliphatic heterocycles. The number of thioether (sulfide) groups is 2.